The van der Waals surface area contributed by atoms with Crippen molar-refractivity contribution in [2.45, 2.75) is 44.9 Å². The Balaban J connectivity index is 0.000000409. The second-order valence-electron chi connectivity index (χ2n) is 5.18. The quantitative estimate of drug-likeness (QED) is 0.440. The van der Waals surface area contributed by atoms with E-state index in [9.17, 15) is 18.4 Å². The zero-order valence-electron chi connectivity index (χ0n) is 12.9. The minimum atomic E-state index is -0.706. The van der Waals surface area contributed by atoms with E-state index < -0.39 is 11.7 Å². The molecule has 2 N–H and O–H groups in total. The van der Waals surface area contributed by atoms with E-state index in [2.05, 4.69) is 6.58 Å². The molecule has 0 aliphatic heterocycles. The molecular weight excluding hydrogens is 288 g/mol. The van der Waals surface area contributed by atoms with Crippen LogP contribution >= 0.6 is 0 Å². The van der Waals surface area contributed by atoms with Crippen molar-refractivity contribution in [3.8, 4) is 0 Å². The van der Waals surface area contributed by atoms with Gasteiger partial charge in [-0.05, 0) is 24.5 Å². The van der Waals surface area contributed by atoms with Gasteiger partial charge in [-0.15, -0.1) is 0 Å². The number of halogens is 2. The lowest BCUT2D eigenvalue weighted by molar-refractivity contribution is -0.130. The molecular formula is C17H25F2NO2. The molecule has 0 aromatic carbocycles. The Kier molecular flexibility index (Phi) is 12.1. The van der Waals surface area contributed by atoms with E-state index in [0.29, 0.717) is 18.6 Å². The van der Waals surface area contributed by atoms with Crippen LogP contribution in [0.25, 0.3) is 0 Å². The summed E-state index contributed by atoms with van der Waals surface area (Å²) < 4.78 is 24.4. The molecule has 0 amide bonds. The number of carbonyl (C=O) groups is 2. The summed E-state index contributed by atoms with van der Waals surface area (Å²) in [5.74, 6) is -0.912. The number of Topliss-reactive ketones (excluding diaryl/α,β-unsaturated/α-hetero) is 1. The molecule has 0 bridgehead atoms. The van der Waals surface area contributed by atoms with Gasteiger partial charge in [0.25, 0.3) is 0 Å². The lowest BCUT2D eigenvalue weighted by Crippen LogP contribution is -2.09. The van der Waals surface area contributed by atoms with E-state index in [1.807, 2.05) is 0 Å². The Labute approximate surface area is 131 Å². The number of nitrogens with two attached hydrogens (primary N) is 1. The molecule has 0 spiro atoms. The summed E-state index contributed by atoms with van der Waals surface area (Å²) in [4.78, 5) is 20.7. The third-order valence-corrected chi connectivity index (χ3v) is 3.44. The van der Waals surface area contributed by atoms with Crippen LogP contribution in [0.3, 0.4) is 0 Å². The molecule has 1 aliphatic carbocycles. The monoisotopic (exact) mass is 313 g/mol. The van der Waals surface area contributed by atoms with Gasteiger partial charge in [0.2, 0.25) is 0 Å². The first-order chi connectivity index (χ1) is 10.5. The highest BCUT2D eigenvalue weighted by molar-refractivity contribution is 6.24. The maximum Gasteiger partial charge on any atom is 0.195 e. The Morgan fingerprint density at radius 1 is 1.18 bits per heavy atom. The van der Waals surface area contributed by atoms with Gasteiger partial charge in [-0.3, -0.25) is 9.59 Å². The number of rotatable bonds is 7. The Hall–Kier alpha value is -1.62. The summed E-state index contributed by atoms with van der Waals surface area (Å²) in [6, 6.07) is 0. The fourth-order valence-electron chi connectivity index (χ4n) is 2.24. The fourth-order valence-corrected chi connectivity index (χ4v) is 2.24. The summed E-state index contributed by atoms with van der Waals surface area (Å²) in [7, 11) is 0. The Morgan fingerprint density at radius 3 is 2.32 bits per heavy atom. The van der Waals surface area contributed by atoms with Crippen molar-refractivity contribution in [2.24, 2.45) is 11.7 Å². The van der Waals surface area contributed by atoms with Crippen LogP contribution in [0, 0.1) is 5.92 Å². The first kappa shape index (κ1) is 20.4. The summed E-state index contributed by atoms with van der Waals surface area (Å²) >= 11 is 0. The Bertz CT molecular complexity index is 411. The number of carbonyl (C=O) groups excluding carboxylic acids is 2. The second kappa shape index (κ2) is 13.1. The normalized spacial score (nSPS) is 16.5. The lowest BCUT2D eigenvalue weighted by atomic mass is 9.86. The topological polar surface area (TPSA) is 60.2 Å². The number of ketones is 1. The van der Waals surface area contributed by atoms with E-state index in [4.69, 9.17) is 5.73 Å². The van der Waals surface area contributed by atoms with E-state index in [1.165, 1.54) is 32.1 Å². The minimum Gasteiger partial charge on any atom is -0.327 e. The third kappa shape index (κ3) is 11.1. The fraction of sp³-hybridized carbons (Fsp3) is 0.529. The standard InChI is InChI=1S/C10H16O2.C7H9F2N/c11-8-10(12)7-6-9-4-2-1-3-5-9;1-2-6(8)5-7(9)3-4-10/h8-9H,1-7H2;2-3,5H,1,4,10H2/b;6-5+,7-3+. The molecule has 0 aromatic heterocycles. The average Bonchev–Trinajstić information content (AvgIpc) is 2.54. The zero-order chi connectivity index (χ0) is 16.8. The predicted octanol–water partition coefficient (Wildman–Crippen LogP) is 3.95. The highest BCUT2D eigenvalue weighted by Crippen LogP contribution is 2.27. The zero-order valence-corrected chi connectivity index (χ0v) is 12.9. The van der Waals surface area contributed by atoms with Crippen LogP contribution in [-0.2, 0) is 9.59 Å². The summed E-state index contributed by atoms with van der Waals surface area (Å²) in [6.45, 7) is 3.17. The van der Waals surface area contributed by atoms with Gasteiger partial charge in [-0.2, -0.15) is 0 Å². The lowest BCUT2D eigenvalue weighted by Gasteiger charge is -2.20. The van der Waals surface area contributed by atoms with Gasteiger partial charge in [-0.25, -0.2) is 8.78 Å². The van der Waals surface area contributed by atoms with Gasteiger partial charge >= 0.3 is 0 Å². The number of allylic oxidation sites excluding steroid dienone is 4. The van der Waals surface area contributed by atoms with Gasteiger partial charge in [0, 0.05) is 19.0 Å². The van der Waals surface area contributed by atoms with E-state index in [0.717, 1.165) is 24.6 Å². The van der Waals surface area contributed by atoms with Crippen molar-refractivity contribution in [1.29, 1.82) is 0 Å². The molecule has 3 nitrogen and oxygen atoms in total. The summed E-state index contributed by atoms with van der Waals surface area (Å²) in [5.41, 5.74) is 4.95. The van der Waals surface area contributed by atoms with Gasteiger partial charge < -0.3 is 5.73 Å². The smallest absolute Gasteiger partial charge is 0.195 e. The minimum absolute atomic E-state index is 0.0623. The molecule has 0 heterocycles. The molecule has 0 radical (unpaired) electrons. The number of hydrogen-bond donors (Lipinski definition) is 1. The highest BCUT2D eigenvalue weighted by Gasteiger charge is 2.14. The molecule has 1 fully saturated rings. The number of hydrogen-bond acceptors (Lipinski definition) is 3. The maximum atomic E-state index is 12.3. The first-order valence-corrected chi connectivity index (χ1v) is 7.56. The molecule has 1 saturated carbocycles. The summed E-state index contributed by atoms with van der Waals surface area (Å²) in [5, 5.41) is 0. The largest absolute Gasteiger partial charge is 0.327 e. The van der Waals surface area contributed by atoms with Crippen molar-refractivity contribution in [3.63, 3.8) is 0 Å². The van der Waals surface area contributed by atoms with Crippen molar-refractivity contribution >= 4 is 12.1 Å². The third-order valence-electron chi connectivity index (χ3n) is 3.44. The van der Waals surface area contributed by atoms with Gasteiger partial charge in [0.1, 0.15) is 11.7 Å². The van der Waals surface area contributed by atoms with Crippen LogP contribution in [0.4, 0.5) is 8.78 Å². The Morgan fingerprint density at radius 2 is 1.82 bits per heavy atom. The molecule has 0 aromatic rings. The van der Waals surface area contributed by atoms with Crippen molar-refractivity contribution < 1.29 is 18.4 Å². The summed E-state index contributed by atoms with van der Waals surface area (Å²) in [6.07, 6.45) is 11.0. The maximum absolute atomic E-state index is 12.3. The van der Waals surface area contributed by atoms with Crippen LogP contribution in [0.1, 0.15) is 44.9 Å². The van der Waals surface area contributed by atoms with E-state index in [1.54, 1.807) is 0 Å². The van der Waals surface area contributed by atoms with Gasteiger partial charge in [-0.1, -0.05) is 38.7 Å². The van der Waals surface area contributed by atoms with Crippen molar-refractivity contribution in [2.75, 3.05) is 6.54 Å². The van der Waals surface area contributed by atoms with Crippen molar-refractivity contribution in [1.82, 2.24) is 0 Å². The second-order valence-corrected chi connectivity index (χ2v) is 5.18. The first-order valence-electron chi connectivity index (χ1n) is 7.56. The van der Waals surface area contributed by atoms with Crippen LogP contribution in [-0.4, -0.2) is 18.6 Å². The highest BCUT2D eigenvalue weighted by atomic mass is 19.1. The van der Waals surface area contributed by atoms with Gasteiger partial charge in [0.05, 0.1) is 0 Å². The van der Waals surface area contributed by atoms with Crippen LogP contribution in [0.5, 0.6) is 0 Å². The predicted molar refractivity (Wildman–Crippen MR) is 84.5 cm³/mol. The number of aldehydes is 1. The molecule has 22 heavy (non-hydrogen) atoms. The molecule has 124 valence electrons. The van der Waals surface area contributed by atoms with Gasteiger partial charge in [0.15, 0.2) is 12.1 Å². The molecule has 0 atom stereocenters. The molecule has 5 heteroatoms. The van der Waals surface area contributed by atoms with E-state index >= 15 is 0 Å². The van der Waals surface area contributed by atoms with E-state index in [-0.39, 0.29) is 12.3 Å². The van der Waals surface area contributed by atoms with Crippen LogP contribution in [0.15, 0.2) is 36.5 Å². The van der Waals surface area contributed by atoms with Crippen LogP contribution < -0.4 is 5.73 Å². The molecule has 1 rings (SSSR count). The van der Waals surface area contributed by atoms with Crippen LogP contribution in [0.2, 0.25) is 0 Å². The average molecular weight is 313 g/mol. The molecule has 0 unspecified atom stereocenters. The SMILES string of the molecule is C=C/C(F)=C\C(F)=C/CN.O=CC(=O)CCC1CCCCC1. The molecule has 0 saturated heterocycles. The molecule has 1 aliphatic rings. The van der Waals surface area contributed by atoms with Crippen molar-refractivity contribution in [3.05, 3.63) is 36.5 Å².